The van der Waals surface area contributed by atoms with Crippen LogP contribution >= 0.6 is 23.1 Å². The summed E-state index contributed by atoms with van der Waals surface area (Å²) in [6.45, 7) is 1.81. The average molecular weight is 525 g/mol. The maximum absolute atomic E-state index is 12.9. The van der Waals surface area contributed by atoms with Gasteiger partial charge in [0, 0.05) is 23.1 Å². The van der Waals surface area contributed by atoms with Crippen LogP contribution in [0.2, 0.25) is 0 Å². The van der Waals surface area contributed by atoms with Crippen molar-refractivity contribution < 1.29 is 38.7 Å². The van der Waals surface area contributed by atoms with Crippen LogP contribution in [0.15, 0.2) is 27.0 Å². The maximum Gasteiger partial charge on any atom is 0.356 e. The highest BCUT2D eigenvalue weighted by molar-refractivity contribution is 8.00. The number of fused-ring (bicyclic) bond motifs is 1. The minimum absolute atomic E-state index is 0.0198. The Morgan fingerprint density at radius 1 is 1.43 bits per heavy atom. The molecule has 35 heavy (non-hydrogen) atoms. The van der Waals surface area contributed by atoms with Gasteiger partial charge < -0.3 is 30.6 Å². The van der Waals surface area contributed by atoms with Gasteiger partial charge in [0.1, 0.15) is 29.9 Å². The van der Waals surface area contributed by atoms with Crippen LogP contribution in [0.3, 0.4) is 0 Å². The van der Waals surface area contributed by atoms with E-state index in [0.717, 1.165) is 16.2 Å². The third-order valence-electron chi connectivity index (χ3n) is 5.22. The molecule has 3 aliphatic heterocycles. The molecule has 186 valence electrons. The molecule has 1 aromatic rings. The molecule has 0 bridgehead atoms. The lowest BCUT2D eigenvalue weighted by atomic mass is 9.98. The lowest BCUT2D eigenvalue weighted by molar-refractivity contribution is -0.150. The van der Waals surface area contributed by atoms with Crippen molar-refractivity contribution in [2.45, 2.75) is 30.9 Å². The highest BCUT2D eigenvalue weighted by Crippen LogP contribution is 2.42. The number of nitrogens with two attached hydrogens (primary N) is 1. The van der Waals surface area contributed by atoms with Crippen molar-refractivity contribution >= 4 is 63.4 Å². The van der Waals surface area contributed by atoms with Crippen LogP contribution < -0.4 is 11.1 Å². The standard InChI is InChI=1S/C19H20N6O8S2/c1-3-32-18(30)8-4-10(33-23-8)7-5-34-16-12(15(27)25(16)13(7)17(28)29)22-14(26)11(24-31-2)9-6-35-19(20)21-9/h6,10,12,16H,3-5H2,1-2H3,(H2,20,21)(H,22,26)(H,28,29)/b24-11-/t10-,12?,16?/m0/s1. The molecule has 3 atom stereocenters. The molecule has 0 aliphatic carbocycles. The Kier molecular flexibility index (Phi) is 6.93. The Hall–Kier alpha value is -3.66. The number of thiazole rings is 1. The summed E-state index contributed by atoms with van der Waals surface area (Å²) < 4.78 is 4.90. The normalized spacial score (nSPS) is 23.7. The number of carboxylic acid groups (broad SMARTS) is 1. The van der Waals surface area contributed by atoms with E-state index in [9.17, 15) is 24.3 Å². The fraction of sp³-hybridized carbons (Fsp3) is 0.421. The molecule has 4 rings (SSSR count). The van der Waals surface area contributed by atoms with Gasteiger partial charge in [-0.3, -0.25) is 14.5 Å². The van der Waals surface area contributed by atoms with E-state index in [0.29, 0.717) is 5.57 Å². The summed E-state index contributed by atoms with van der Waals surface area (Å²) in [5, 5.41) is 20.9. The summed E-state index contributed by atoms with van der Waals surface area (Å²) >= 11 is 2.35. The number of anilines is 1. The number of rotatable bonds is 8. The third kappa shape index (κ3) is 4.53. The van der Waals surface area contributed by atoms with Crippen molar-refractivity contribution in [3.8, 4) is 0 Å². The molecule has 16 heteroatoms. The number of aromatic nitrogens is 1. The number of amides is 2. The molecule has 14 nitrogen and oxygen atoms in total. The molecule has 0 aromatic carbocycles. The molecule has 1 aromatic heterocycles. The molecule has 2 unspecified atom stereocenters. The summed E-state index contributed by atoms with van der Waals surface area (Å²) in [7, 11) is 1.25. The second-order valence-corrected chi connectivity index (χ2v) is 9.28. The zero-order valence-corrected chi connectivity index (χ0v) is 20.1. The fourth-order valence-corrected chi connectivity index (χ4v) is 5.65. The molecule has 0 saturated carbocycles. The minimum Gasteiger partial charge on any atom is -0.477 e. The summed E-state index contributed by atoms with van der Waals surface area (Å²) in [4.78, 5) is 64.9. The van der Waals surface area contributed by atoms with Gasteiger partial charge in [0.15, 0.2) is 22.7 Å². The lowest BCUT2D eigenvalue weighted by Crippen LogP contribution is -2.71. The van der Waals surface area contributed by atoms with Gasteiger partial charge in [0.2, 0.25) is 0 Å². The first-order chi connectivity index (χ1) is 16.8. The van der Waals surface area contributed by atoms with Crippen molar-refractivity contribution in [3.05, 3.63) is 22.3 Å². The number of carbonyl (C=O) groups excluding carboxylic acids is 3. The molecule has 4 N–H and O–H groups in total. The van der Waals surface area contributed by atoms with Gasteiger partial charge in [-0.25, -0.2) is 14.6 Å². The van der Waals surface area contributed by atoms with Gasteiger partial charge in [-0.1, -0.05) is 10.3 Å². The van der Waals surface area contributed by atoms with Crippen molar-refractivity contribution in [1.29, 1.82) is 0 Å². The van der Waals surface area contributed by atoms with Crippen molar-refractivity contribution in [3.63, 3.8) is 0 Å². The number of hydrogen-bond donors (Lipinski definition) is 3. The first-order valence-electron chi connectivity index (χ1n) is 10.2. The molecule has 0 spiro atoms. The van der Waals surface area contributed by atoms with Gasteiger partial charge in [0.05, 0.1) is 6.61 Å². The largest absolute Gasteiger partial charge is 0.477 e. The third-order valence-corrected chi connectivity index (χ3v) is 7.19. The van der Waals surface area contributed by atoms with E-state index in [2.05, 4.69) is 20.6 Å². The van der Waals surface area contributed by atoms with Crippen LogP contribution in [0.4, 0.5) is 5.13 Å². The predicted octanol–water partition coefficient (Wildman–Crippen LogP) is -0.478. The van der Waals surface area contributed by atoms with Gasteiger partial charge >= 0.3 is 11.9 Å². The van der Waals surface area contributed by atoms with Crippen LogP contribution in [0.5, 0.6) is 0 Å². The number of β-lactam (4-membered cyclic amide) rings is 1. The van der Waals surface area contributed by atoms with Gasteiger partial charge in [0.25, 0.3) is 11.8 Å². The van der Waals surface area contributed by atoms with E-state index < -0.39 is 41.3 Å². The number of thioether (sulfide) groups is 1. The average Bonchev–Trinajstić information content (AvgIpc) is 3.49. The number of hydrogen-bond acceptors (Lipinski definition) is 13. The fourth-order valence-electron chi connectivity index (χ4n) is 3.69. The number of nitrogen functional groups attached to an aromatic ring is 1. The zero-order chi connectivity index (χ0) is 25.3. The molecule has 1 fully saturated rings. The molecular weight excluding hydrogens is 504 g/mol. The molecule has 0 radical (unpaired) electrons. The van der Waals surface area contributed by atoms with Gasteiger partial charge in [-0.2, -0.15) is 0 Å². The number of oxime groups is 2. The second-order valence-electron chi connectivity index (χ2n) is 7.29. The molecule has 3 aliphatic rings. The van der Waals surface area contributed by atoms with E-state index in [1.54, 1.807) is 6.92 Å². The molecular formula is C19H20N6O8S2. The smallest absolute Gasteiger partial charge is 0.356 e. The quantitative estimate of drug-likeness (QED) is 0.172. The first-order valence-corrected chi connectivity index (χ1v) is 12.1. The summed E-state index contributed by atoms with van der Waals surface area (Å²) in [6.07, 6.45) is -0.808. The van der Waals surface area contributed by atoms with Gasteiger partial charge in [-0.15, -0.1) is 23.1 Å². The summed E-state index contributed by atoms with van der Waals surface area (Å²) in [5.74, 6) is -3.15. The topological polar surface area (TPSA) is 195 Å². The predicted molar refractivity (Wildman–Crippen MR) is 123 cm³/mol. The Morgan fingerprint density at radius 3 is 2.83 bits per heavy atom. The highest BCUT2D eigenvalue weighted by atomic mass is 32.2. The molecule has 2 amide bonds. The van der Waals surface area contributed by atoms with Crippen molar-refractivity contribution in [2.24, 2.45) is 10.3 Å². The monoisotopic (exact) mass is 524 g/mol. The van der Waals surface area contributed by atoms with E-state index in [4.69, 9.17) is 20.1 Å². The molecule has 4 heterocycles. The Bertz CT molecular complexity index is 1180. The van der Waals surface area contributed by atoms with Crippen LogP contribution in [-0.2, 0) is 33.6 Å². The first kappa shape index (κ1) is 24.5. The number of carbonyl (C=O) groups is 4. The van der Waals surface area contributed by atoms with Crippen LogP contribution in [0.1, 0.15) is 19.0 Å². The van der Waals surface area contributed by atoms with Crippen LogP contribution in [0.25, 0.3) is 0 Å². The van der Waals surface area contributed by atoms with E-state index in [-0.39, 0.29) is 46.7 Å². The summed E-state index contributed by atoms with van der Waals surface area (Å²) in [5.41, 5.74) is 5.71. The second kappa shape index (κ2) is 9.91. The Morgan fingerprint density at radius 2 is 2.20 bits per heavy atom. The number of nitrogens with one attached hydrogen (secondary N) is 1. The minimum atomic E-state index is -1.34. The van der Waals surface area contributed by atoms with Crippen LogP contribution in [0, 0.1) is 0 Å². The van der Waals surface area contributed by atoms with E-state index >= 15 is 0 Å². The number of esters is 1. The number of aliphatic carboxylic acids is 1. The zero-order valence-electron chi connectivity index (χ0n) is 18.4. The Balaban J connectivity index is 1.50. The lowest BCUT2D eigenvalue weighted by Gasteiger charge is -2.49. The van der Waals surface area contributed by atoms with E-state index in [1.807, 2.05) is 0 Å². The Labute approximate surface area is 206 Å². The van der Waals surface area contributed by atoms with Crippen molar-refractivity contribution in [2.75, 3.05) is 25.2 Å². The van der Waals surface area contributed by atoms with E-state index in [1.165, 1.54) is 24.3 Å². The molecule has 1 saturated heterocycles. The summed E-state index contributed by atoms with van der Waals surface area (Å²) in [6, 6.07) is -1.00. The number of ether oxygens (including phenoxy) is 1. The maximum atomic E-state index is 12.9. The number of nitrogens with zero attached hydrogens (tertiary/aromatic N) is 4. The SMILES string of the molecule is CCOC(=O)C1=NO[C@H](C2=C(C(=O)O)N3C(=O)C(NC(=O)/C(=N\OC)c4csc(N)n4)C3SC2)C1. The number of carboxylic acids is 1. The highest BCUT2D eigenvalue weighted by Gasteiger charge is 2.55. The van der Waals surface area contributed by atoms with Gasteiger partial charge in [-0.05, 0) is 6.92 Å². The van der Waals surface area contributed by atoms with Crippen molar-refractivity contribution in [1.82, 2.24) is 15.2 Å². The van der Waals surface area contributed by atoms with Crippen LogP contribution in [-0.4, -0.2) is 87.2 Å².